The summed E-state index contributed by atoms with van der Waals surface area (Å²) < 4.78 is 6.45. The fourth-order valence-electron chi connectivity index (χ4n) is 7.49. The molecular formula is C41H30O. The molecule has 0 atom stereocenters. The molecule has 2 aliphatic rings. The standard InChI is InChI=1S/C41H30O/c1-41(2)37-15-5-3-11-31(37)36-23-29-20-18-25-17-19-27(22-34(25)35(29)24-38(36)41)26-9-7-10-28(21-26)30-13-8-14-33-32-12-4-6-16-39(32)42-40(30)33/h3-5,7-15,17-24H,6,16H2,1-2H3. The molecular weight excluding hydrogens is 508 g/mol. The van der Waals surface area contributed by atoms with Crippen LogP contribution < -0.4 is 0 Å². The van der Waals surface area contributed by atoms with E-state index in [1.807, 2.05) is 0 Å². The van der Waals surface area contributed by atoms with Gasteiger partial charge in [0.2, 0.25) is 0 Å². The van der Waals surface area contributed by atoms with Crippen LogP contribution in [0.4, 0.5) is 0 Å². The van der Waals surface area contributed by atoms with Gasteiger partial charge in [0.15, 0.2) is 0 Å². The fourth-order valence-corrected chi connectivity index (χ4v) is 7.49. The molecule has 200 valence electrons. The van der Waals surface area contributed by atoms with Gasteiger partial charge in [-0.1, -0.05) is 111 Å². The Morgan fingerprint density at radius 2 is 1.33 bits per heavy atom. The third kappa shape index (κ3) is 3.31. The van der Waals surface area contributed by atoms with Gasteiger partial charge in [-0.25, -0.2) is 0 Å². The molecule has 0 saturated carbocycles. The average molecular weight is 539 g/mol. The van der Waals surface area contributed by atoms with Crippen LogP contribution in [0.15, 0.2) is 120 Å². The first kappa shape index (κ1) is 23.8. The smallest absolute Gasteiger partial charge is 0.142 e. The lowest BCUT2D eigenvalue weighted by Gasteiger charge is -2.22. The van der Waals surface area contributed by atoms with E-state index in [0.717, 1.165) is 29.7 Å². The van der Waals surface area contributed by atoms with E-state index in [0.29, 0.717) is 0 Å². The van der Waals surface area contributed by atoms with E-state index < -0.39 is 0 Å². The van der Waals surface area contributed by atoms with Crippen LogP contribution in [-0.2, 0) is 11.8 Å². The first-order valence-corrected chi connectivity index (χ1v) is 15.0. The molecule has 42 heavy (non-hydrogen) atoms. The van der Waals surface area contributed by atoms with Gasteiger partial charge in [-0.2, -0.15) is 0 Å². The number of benzene rings is 6. The maximum Gasteiger partial charge on any atom is 0.142 e. The Balaban J connectivity index is 1.20. The minimum Gasteiger partial charge on any atom is -0.460 e. The molecule has 1 nitrogen and oxygen atoms in total. The first-order chi connectivity index (χ1) is 20.6. The summed E-state index contributed by atoms with van der Waals surface area (Å²) in [6.45, 7) is 4.72. The fraction of sp³-hybridized carbons (Fsp3) is 0.122. The van der Waals surface area contributed by atoms with Gasteiger partial charge in [-0.15, -0.1) is 0 Å². The van der Waals surface area contributed by atoms with Gasteiger partial charge < -0.3 is 4.42 Å². The highest BCUT2D eigenvalue weighted by molar-refractivity contribution is 6.11. The van der Waals surface area contributed by atoms with E-state index in [9.17, 15) is 0 Å². The molecule has 0 radical (unpaired) electrons. The third-order valence-corrected chi connectivity index (χ3v) is 9.70. The van der Waals surface area contributed by atoms with Gasteiger partial charge in [-0.3, -0.25) is 0 Å². The Morgan fingerprint density at radius 1 is 0.571 bits per heavy atom. The molecule has 6 aromatic carbocycles. The van der Waals surface area contributed by atoms with E-state index in [1.165, 1.54) is 71.4 Å². The van der Waals surface area contributed by atoms with Gasteiger partial charge in [0.05, 0.1) is 0 Å². The summed E-state index contributed by atoms with van der Waals surface area (Å²) in [6, 6.07) is 40.7. The molecule has 1 heterocycles. The Labute approximate surface area is 245 Å². The Hall–Kier alpha value is -4.88. The molecule has 0 aliphatic heterocycles. The summed E-state index contributed by atoms with van der Waals surface area (Å²) >= 11 is 0. The van der Waals surface area contributed by atoms with Crippen molar-refractivity contribution >= 4 is 38.6 Å². The van der Waals surface area contributed by atoms with E-state index in [4.69, 9.17) is 4.42 Å². The van der Waals surface area contributed by atoms with Crippen LogP contribution in [0.2, 0.25) is 0 Å². The number of hydrogen-bond acceptors (Lipinski definition) is 1. The third-order valence-electron chi connectivity index (χ3n) is 9.70. The molecule has 0 N–H and O–H groups in total. The minimum absolute atomic E-state index is 0.0178. The molecule has 0 fully saturated rings. The first-order valence-electron chi connectivity index (χ1n) is 15.0. The second-order valence-corrected chi connectivity index (χ2v) is 12.4. The summed E-state index contributed by atoms with van der Waals surface area (Å²) in [4.78, 5) is 0. The van der Waals surface area contributed by atoms with Crippen molar-refractivity contribution in [2.24, 2.45) is 0 Å². The van der Waals surface area contributed by atoms with E-state index in [-0.39, 0.29) is 5.41 Å². The summed E-state index contributed by atoms with van der Waals surface area (Å²) in [6.07, 6.45) is 6.49. The Bertz CT molecular complexity index is 2270. The van der Waals surface area contributed by atoms with E-state index >= 15 is 0 Å². The Morgan fingerprint density at radius 3 is 2.29 bits per heavy atom. The molecule has 2 aliphatic carbocycles. The molecule has 9 rings (SSSR count). The van der Waals surface area contributed by atoms with Crippen molar-refractivity contribution in [3.63, 3.8) is 0 Å². The van der Waals surface area contributed by atoms with E-state index in [2.05, 4.69) is 135 Å². The van der Waals surface area contributed by atoms with Crippen molar-refractivity contribution in [2.75, 3.05) is 0 Å². The average Bonchev–Trinajstić information content (AvgIpc) is 3.52. The summed E-state index contributed by atoms with van der Waals surface area (Å²) in [5, 5.41) is 6.40. The van der Waals surface area contributed by atoms with Crippen molar-refractivity contribution in [2.45, 2.75) is 32.1 Å². The van der Waals surface area contributed by atoms with Crippen LogP contribution in [0.5, 0.6) is 0 Å². The second kappa shape index (κ2) is 8.57. The number of aryl methyl sites for hydroxylation is 1. The normalized spacial score (nSPS) is 14.8. The van der Waals surface area contributed by atoms with Crippen LogP contribution in [0.1, 0.15) is 42.7 Å². The van der Waals surface area contributed by atoms with Crippen molar-refractivity contribution in [3.05, 3.63) is 138 Å². The SMILES string of the molecule is CC1(C)c2ccccc2-c2cc3ccc4ccc(-c5cccc(-c6cccc7c8c(oc67)CCC=C8)c5)cc4c3cc21. The topological polar surface area (TPSA) is 13.1 Å². The molecule has 1 aromatic heterocycles. The lowest BCUT2D eigenvalue weighted by molar-refractivity contribution is 0.547. The van der Waals surface area contributed by atoms with Crippen molar-refractivity contribution in [1.82, 2.24) is 0 Å². The molecule has 0 saturated heterocycles. The second-order valence-electron chi connectivity index (χ2n) is 12.4. The predicted octanol–water partition coefficient (Wildman–Crippen LogP) is 11.3. The van der Waals surface area contributed by atoms with E-state index in [1.54, 1.807) is 0 Å². The molecule has 0 bridgehead atoms. The zero-order chi connectivity index (χ0) is 28.0. The number of hydrogen-bond donors (Lipinski definition) is 0. The molecule has 0 unspecified atom stereocenters. The van der Waals surface area contributed by atoms with Gasteiger partial charge in [0.25, 0.3) is 0 Å². The van der Waals surface area contributed by atoms with Gasteiger partial charge >= 0.3 is 0 Å². The van der Waals surface area contributed by atoms with Gasteiger partial charge in [-0.05, 0) is 91.2 Å². The minimum atomic E-state index is -0.0178. The van der Waals surface area contributed by atoms with Crippen molar-refractivity contribution in [3.8, 4) is 33.4 Å². The summed E-state index contributed by atoms with van der Waals surface area (Å²) in [5.74, 6) is 1.11. The highest BCUT2D eigenvalue weighted by atomic mass is 16.3. The lowest BCUT2D eigenvalue weighted by atomic mass is 9.81. The highest BCUT2D eigenvalue weighted by Gasteiger charge is 2.35. The molecule has 1 heteroatoms. The molecule has 0 amide bonds. The number of fused-ring (bicyclic) bond motifs is 9. The van der Waals surface area contributed by atoms with Crippen molar-refractivity contribution in [1.29, 1.82) is 0 Å². The number of rotatable bonds is 2. The largest absolute Gasteiger partial charge is 0.460 e. The zero-order valence-corrected chi connectivity index (χ0v) is 23.9. The van der Waals surface area contributed by atoms with Crippen molar-refractivity contribution < 1.29 is 4.42 Å². The molecule has 7 aromatic rings. The maximum absolute atomic E-state index is 6.45. The zero-order valence-electron chi connectivity index (χ0n) is 23.9. The monoisotopic (exact) mass is 538 g/mol. The lowest BCUT2D eigenvalue weighted by Crippen LogP contribution is -2.14. The van der Waals surface area contributed by atoms with Gasteiger partial charge in [0, 0.05) is 28.3 Å². The van der Waals surface area contributed by atoms with Crippen LogP contribution in [0.25, 0.3) is 72.0 Å². The van der Waals surface area contributed by atoms with Crippen LogP contribution in [-0.4, -0.2) is 0 Å². The quantitative estimate of drug-likeness (QED) is 0.200. The Kier molecular flexibility index (Phi) is 4.85. The number of para-hydroxylation sites is 1. The number of furan rings is 1. The summed E-state index contributed by atoms with van der Waals surface area (Å²) in [7, 11) is 0. The van der Waals surface area contributed by atoms with Crippen LogP contribution in [0, 0.1) is 0 Å². The summed E-state index contributed by atoms with van der Waals surface area (Å²) in [5.41, 5.74) is 12.6. The van der Waals surface area contributed by atoms with Crippen LogP contribution in [0.3, 0.4) is 0 Å². The predicted molar refractivity (Wildman–Crippen MR) is 177 cm³/mol. The maximum atomic E-state index is 6.45. The van der Waals surface area contributed by atoms with Gasteiger partial charge in [0.1, 0.15) is 11.3 Å². The highest BCUT2D eigenvalue weighted by Crippen LogP contribution is 2.50. The molecule has 0 spiro atoms. The van der Waals surface area contributed by atoms with Crippen LogP contribution >= 0.6 is 0 Å². The number of allylic oxidation sites excluding steroid dienone is 1.